The second kappa shape index (κ2) is 19.6. The summed E-state index contributed by atoms with van der Waals surface area (Å²) >= 11 is 0. The zero-order valence-corrected chi connectivity index (χ0v) is 31.0. The van der Waals surface area contributed by atoms with Crippen molar-refractivity contribution in [2.75, 3.05) is 11.9 Å². The number of aromatic nitrogens is 4. The number of anilines is 1. The molecule has 1 atom stereocenters. The number of benzene rings is 2. The van der Waals surface area contributed by atoms with E-state index in [0.717, 1.165) is 5.56 Å². The number of amides is 1. The summed E-state index contributed by atoms with van der Waals surface area (Å²) in [6.07, 6.45) is 16.1. The van der Waals surface area contributed by atoms with Crippen LogP contribution in [0.2, 0.25) is 0 Å². The number of fused-ring (bicyclic) bond motifs is 1. The van der Waals surface area contributed by atoms with Crippen LogP contribution in [-0.4, -0.2) is 61.1 Å². The Kier molecular flexibility index (Phi) is 14.8. The molecule has 4 rings (SSSR count). The SMILES string of the molecule is C#COP(=O)(OC#C)OCCCCCC(=O)c1ccc(C)cc1CC(=O)CC[C@H](NC(=O)c1ccc(NCc2cnc3nc(C)[nH]c(=O)c3n2)cc1)C(=O)O. The number of phosphoric acid groups is 1. The number of rotatable bonds is 21. The molecule has 2 aromatic heterocycles. The molecule has 286 valence electrons. The fourth-order valence-corrected chi connectivity index (χ4v) is 6.16. The number of hydrogen-bond donors (Lipinski definition) is 4. The van der Waals surface area contributed by atoms with Gasteiger partial charge in [-0.2, -0.15) is 0 Å². The molecule has 1 amide bonds. The zero-order valence-electron chi connectivity index (χ0n) is 30.1. The number of nitrogens with one attached hydrogen (secondary N) is 3. The summed E-state index contributed by atoms with van der Waals surface area (Å²) in [5.74, 6) is -1.98. The first-order valence-corrected chi connectivity index (χ1v) is 18.5. The first-order valence-electron chi connectivity index (χ1n) is 17.1. The number of aryl methyl sites for hydroxylation is 2. The number of Topliss-reactive ketones (excluding diaryl/α,β-unsaturated/α-hetero) is 2. The van der Waals surface area contributed by atoms with Gasteiger partial charge >= 0.3 is 13.8 Å². The number of H-pyrrole nitrogens is 1. The minimum absolute atomic E-state index is 0.0335. The quantitative estimate of drug-likeness (QED) is 0.0386. The summed E-state index contributed by atoms with van der Waals surface area (Å²) in [7, 11) is -4.06. The lowest BCUT2D eigenvalue weighted by atomic mass is 9.93. The van der Waals surface area contributed by atoms with E-state index in [0.29, 0.717) is 47.6 Å². The summed E-state index contributed by atoms with van der Waals surface area (Å²) in [6, 6.07) is 10.1. The fourth-order valence-electron chi connectivity index (χ4n) is 5.40. The van der Waals surface area contributed by atoms with Gasteiger partial charge in [-0.3, -0.25) is 23.7 Å². The molecule has 0 saturated carbocycles. The molecule has 4 aromatic rings. The van der Waals surface area contributed by atoms with Crippen LogP contribution in [0.5, 0.6) is 0 Å². The molecule has 0 saturated heterocycles. The van der Waals surface area contributed by atoms with Crippen LogP contribution in [0.15, 0.2) is 53.5 Å². The highest BCUT2D eigenvalue weighted by atomic mass is 31.2. The van der Waals surface area contributed by atoms with Crippen LogP contribution in [-0.2, 0) is 40.7 Å². The molecule has 0 aliphatic carbocycles. The lowest BCUT2D eigenvalue weighted by Crippen LogP contribution is -2.41. The van der Waals surface area contributed by atoms with Gasteiger partial charge in [0.2, 0.25) is 0 Å². The molecular weight excluding hydrogens is 731 g/mol. The Balaban J connectivity index is 1.25. The van der Waals surface area contributed by atoms with Crippen molar-refractivity contribution in [1.29, 1.82) is 0 Å². The monoisotopic (exact) mass is 770 g/mol. The van der Waals surface area contributed by atoms with Crippen molar-refractivity contribution in [2.45, 2.75) is 71.4 Å². The van der Waals surface area contributed by atoms with E-state index in [1.165, 1.54) is 18.3 Å². The van der Waals surface area contributed by atoms with E-state index in [2.05, 4.69) is 39.6 Å². The molecule has 2 aromatic carbocycles. The number of ketones is 2. The lowest BCUT2D eigenvalue weighted by molar-refractivity contribution is -0.139. The van der Waals surface area contributed by atoms with E-state index in [4.69, 9.17) is 17.4 Å². The highest BCUT2D eigenvalue weighted by Gasteiger charge is 2.28. The standard InChI is InChI=1S/C38H39N6O10P/c1-5-52-55(51,53-6-2)54-19-9-7-8-10-33(46)31-17-11-24(3)20-27(31)21-30(45)16-18-32(38(49)50)44-36(47)26-12-14-28(15-13-26)39-22-29-23-40-35-34(43-29)37(48)42-25(4)41-35/h1-2,11-15,17,20,23,32,39H,7-10,16,18-19,21-22H2,3-4H3,(H,44,47)(H,49,50)(H,40,41,42,48)/t32-/m0/s1. The first-order chi connectivity index (χ1) is 26.3. The van der Waals surface area contributed by atoms with Gasteiger partial charge in [0.15, 0.2) is 16.9 Å². The normalized spacial score (nSPS) is 11.5. The van der Waals surface area contributed by atoms with Crippen LogP contribution in [0.25, 0.3) is 11.2 Å². The largest absolute Gasteiger partial charge is 0.604 e. The van der Waals surface area contributed by atoms with Gasteiger partial charge in [0.05, 0.1) is 25.0 Å². The predicted octanol–water partition coefficient (Wildman–Crippen LogP) is 4.80. The minimum atomic E-state index is -4.06. The Morgan fingerprint density at radius 3 is 2.40 bits per heavy atom. The molecule has 0 aliphatic rings. The number of nitrogens with zero attached hydrogens (tertiary/aromatic N) is 3. The molecule has 0 spiro atoms. The highest BCUT2D eigenvalue weighted by molar-refractivity contribution is 7.48. The van der Waals surface area contributed by atoms with Crippen molar-refractivity contribution in [2.24, 2.45) is 0 Å². The number of aliphatic carboxylic acids is 1. The van der Waals surface area contributed by atoms with Gasteiger partial charge in [-0.05, 0) is 62.9 Å². The summed E-state index contributed by atoms with van der Waals surface area (Å²) in [6.45, 7) is 3.67. The van der Waals surface area contributed by atoms with E-state index in [-0.39, 0.29) is 67.1 Å². The summed E-state index contributed by atoms with van der Waals surface area (Å²) < 4.78 is 26.2. The second-order valence-corrected chi connectivity index (χ2v) is 13.8. The average Bonchev–Trinajstić information content (AvgIpc) is 3.14. The summed E-state index contributed by atoms with van der Waals surface area (Å²) in [4.78, 5) is 78.6. The van der Waals surface area contributed by atoms with Gasteiger partial charge in [-0.15, -0.1) is 0 Å². The fraction of sp³-hybridized carbons (Fsp3) is 0.316. The number of terminal acetylenes is 2. The Morgan fingerprint density at radius 2 is 1.71 bits per heavy atom. The lowest BCUT2D eigenvalue weighted by Gasteiger charge is -2.15. The Labute approximate surface area is 316 Å². The second-order valence-electron chi connectivity index (χ2n) is 12.3. The molecule has 0 fully saturated rings. The van der Waals surface area contributed by atoms with Crippen LogP contribution in [0.3, 0.4) is 0 Å². The Hall–Kier alpha value is -6.35. The predicted molar refractivity (Wildman–Crippen MR) is 201 cm³/mol. The van der Waals surface area contributed by atoms with Crippen molar-refractivity contribution >= 4 is 48.1 Å². The molecule has 4 N–H and O–H groups in total. The number of aromatic amines is 1. The zero-order chi connectivity index (χ0) is 40.0. The highest BCUT2D eigenvalue weighted by Crippen LogP contribution is 2.48. The van der Waals surface area contributed by atoms with Crippen LogP contribution in [0.4, 0.5) is 5.69 Å². The smallest absolute Gasteiger partial charge is 0.480 e. The number of carbonyl (C=O) groups excluding carboxylic acids is 3. The maximum absolute atomic E-state index is 13.1. The van der Waals surface area contributed by atoms with Crippen LogP contribution in [0.1, 0.15) is 81.9 Å². The van der Waals surface area contributed by atoms with Crippen LogP contribution < -0.4 is 16.2 Å². The number of carboxylic acid groups (broad SMARTS) is 1. The van der Waals surface area contributed by atoms with Crippen molar-refractivity contribution in [3.05, 3.63) is 92.8 Å². The Morgan fingerprint density at radius 1 is 0.982 bits per heavy atom. The van der Waals surface area contributed by atoms with E-state index >= 15 is 0 Å². The van der Waals surface area contributed by atoms with E-state index in [9.17, 15) is 33.6 Å². The molecule has 16 nitrogen and oxygen atoms in total. The van der Waals surface area contributed by atoms with Crippen molar-refractivity contribution in [1.82, 2.24) is 25.3 Å². The molecule has 0 unspecified atom stereocenters. The average molecular weight is 771 g/mol. The molecular formula is C38H39N6O10P. The van der Waals surface area contributed by atoms with Gasteiger partial charge in [0.1, 0.15) is 29.9 Å². The molecule has 17 heteroatoms. The Bertz CT molecular complexity index is 2220. The van der Waals surface area contributed by atoms with Gasteiger partial charge in [0, 0.05) is 36.1 Å². The van der Waals surface area contributed by atoms with E-state index in [1.54, 1.807) is 49.5 Å². The minimum Gasteiger partial charge on any atom is -0.480 e. The number of hydrogen-bond acceptors (Lipinski definition) is 13. The molecule has 55 heavy (non-hydrogen) atoms. The van der Waals surface area contributed by atoms with Gasteiger partial charge in [-0.1, -0.05) is 43.0 Å². The third-order valence-corrected chi connectivity index (χ3v) is 9.25. The maximum Gasteiger partial charge on any atom is 0.604 e. The summed E-state index contributed by atoms with van der Waals surface area (Å²) in [5.41, 5.74) is 3.04. The third kappa shape index (κ3) is 12.4. The van der Waals surface area contributed by atoms with Crippen molar-refractivity contribution in [3.63, 3.8) is 0 Å². The number of carboxylic acids is 1. The topological polar surface area (TPSA) is 229 Å². The first kappa shape index (κ1) is 41.4. The van der Waals surface area contributed by atoms with Gasteiger partial charge < -0.3 is 29.8 Å². The molecule has 0 aliphatic heterocycles. The van der Waals surface area contributed by atoms with Gasteiger partial charge in [-0.25, -0.2) is 24.3 Å². The molecule has 0 radical (unpaired) electrons. The number of unbranched alkanes of at least 4 members (excludes halogenated alkanes) is 2. The molecule has 2 heterocycles. The van der Waals surface area contributed by atoms with Gasteiger partial charge in [0.25, 0.3) is 11.5 Å². The van der Waals surface area contributed by atoms with Crippen LogP contribution >= 0.6 is 7.82 Å². The van der Waals surface area contributed by atoms with E-state index < -0.39 is 31.3 Å². The third-order valence-electron chi connectivity index (χ3n) is 8.10. The van der Waals surface area contributed by atoms with Crippen molar-refractivity contribution < 1.29 is 42.4 Å². The molecule has 0 bridgehead atoms. The van der Waals surface area contributed by atoms with Crippen molar-refractivity contribution in [3.8, 4) is 25.1 Å². The van der Waals surface area contributed by atoms with Crippen LogP contribution in [0, 0.1) is 38.9 Å². The maximum atomic E-state index is 13.1. The van der Waals surface area contributed by atoms with E-state index in [1.807, 2.05) is 6.92 Å². The number of carbonyl (C=O) groups is 4. The summed E-state index contributed by atoms with van der Waals surface area (Å²) in [5, 5.41) is 15.4. The number of phosphoric ester groups is 1.